The van der Waals surface area contributed by atoms with Crippen LogP contribution >= 0.6 is 0 Å². The predicted octanol–water partition coefficient (Wildman–Crippen LogP) is 3.25. The summed E-state index contributed by atoms with van der Waals surface area (Å²) in [6.45, 7) is 0. The van der Waals surface area contributed by atoms with Crippen molar-refractivity contribution in [2.24, 2.45) is 5.73 Å². The molecular formula is C13H15F2N. The molecule has 0 atom stereocenters. The standard InChI is InChI=1S/C13H15F2N/c14-12-6-3-10(8-13(12)15)7-9-1-4-11(16)5-2-9/h3,6-8,11H,1-2,4-5,16H2. The minimum Gasteiger partial charge on any atom is -0.328 e. The molecule has 0 unspecified atom stereocenters. The van der Waals surface area contributed by atoms with Crippen molar-refractivity contribution in [1.82, 2.24) is 0 Å². The number of halogens is 2. The van der Waals surface area contributed by atoms with E-state index in [2.05, 4.69) is 0 Å². The predicted molar refractivity (Wildman–Crippen MR) is 60.8 cm³/mol. The highest BCUT2D eigenvalue weighted by Gasteiger charge is 2.12. The van der Waals surface area contributed by atoms with Gasteiger partial charge < -0.3 is 5.73 Å². The highest BCUT2D eigenvalue weighted by molar-refractivity contribution is 5.53. The van der Waals surface area contributed by atoms with Gasteiger partial charge in [-0.2, -0.15) is 0 Å². The van der Waals surface area contributed by atoms with E-state index in [-0.39, 0.29) is 0 Å². The van der Waals surface area contributed by atoms with Gasteiger partial charge in [-0.15, -0.1) is 0 Å². The summed E-state index contributed by atoms with van der Waals surface area (Å²) >= 11 is 0. The van der Waals surface area contributed by atoms with Gasteiger partial charge in [0.05, 0.1) is 0 Å². The Balaban J connectivity index is 2.13. The summed E-state index contributed by atoms with van der Waals surface area (Å²) in [4.78, 5) is 0. The van der Waals surface area contributed by atoms with Gasteiger partial charge in [-0.25, -0.2) is 8.78 Å². The Kier molecular flexibility index (Phi) is 3.34. The number of benzene rings is 1. The van der Waals surface area contributed by atoms with Crippen molar-refractivity contribution in [2.45, 2.75) is 31.7 Å². The van der Waals surface area contributed by atoms with E-state index in [4.69, 9.17) is 5.73 Å². The van der Waals surface area contributed by atoms with Crippen molar-refractivity contribution in [3.8, 4) is 0 Å². The zero-order valence-electron chi connectivity index (χ0n) is 9.05. The average Bonchev–Trinajstić information content (AvgIpc) is 2.27. The summed E-state index contributed by atoms with van der Waals surface area (Å²) in [5.74, 6) is -1.59. The highest BCUT2D eigenvalue weighted by Crippen LogP contribution is 2.24. The normalized spacial score (nSPS) is 20.9. The molecule has 0 aliphatic heterocycles. The smallest absolute Gasteiger partial charge is 0.159 e. The first-order chi connectivity index (χ1) is 7.65. The van der Waals surface area contributed by atoms with Crippen LogP contribution < -0.4 is 5.73 Å². The Morgan fingerprint density at radius 2 is 1.81 bits per heavy atom. The van der Waals surface area contributed by atoms with Gasteiger partial charge >= 0.3 is 0 Å². The second-order valence-electron chi connectivity index (χ2n) is 4.31. The lowest BCUT2D eigenvalue weighted by atomic mass is 9.90. The monoisotopic (exact) mass is 223 g/mol. The summed E-state index contributed by atoms with van der Waals surface area (Å²) in [7, 11) is 0. The van der Waals surface area contributed by atoms with Crippen LogP contribution in [0.4, 0.5) is 8.78 Å². The first-order valence-electron chi connectivity index (χ1n) is 5.55. The molecule has 0 aromatic heterocycles. The Morgan fingerprint density at radius 1 is 1.12 bits per heavy atom. The molecule has 16 heavy (non-hydrogen) atoms. The van der Waals surface area contributed by atoms with E-state index < -0.39 is 11.6 Å². The van der Waals surface area contributed by atoms with E-state index in [1.54, 1.807) is 6.07 Å². The molecule has 0 radical (unpaired) electrons. The SMILES string of the molecule is NC1CCC(=Cc2ccc(F)c(F)c2)CC1. The van der Waals surface area contributed by atoms with Gasteiger partial charge in [0, 0.05) is 6.04 Å². The lowest BCUT2D eigenvalue weighted by molar-refractivity contribution is 0.507. The summed E-state index contributed by atoms with van der Waals surface area (Å²) < 4.78 is 25.7. The molecule has 1 aliphatic rings. The van der Waals surface area contributed by atoms with Crippen molar-refractivity contribution in [3.63, 3.8) is 0 Å². The topological polar surface area (TPSA) is 26.0 Å². The lowest BCUT2D eigenvalue weighted by Gasteiger charge is -2.20. The fraction of sp³-hybridized carbons (Fsp3) is 0.385. The number of allylic oxidation sites excluding steroid dienone is 1. The molecular weight excluding hydrogens is 208 g/mol. The second-order valence-corrected chi connectivity index (χ2v) is 4.31. The molecule has 1 saturated carbocycles. The van der Waals surface area contributed by atoms with E-state index in [0.29, 0.717) is 6.04 Å². The van der Waals surface area contributed by atoms with Gasteiger partial charge in [-0.1, -0.05) is 17.7 Å². The molecule has 3 heteroatoms. The van der Waals surface area contributed by atoms with Crippen LogP contribution in [0.25, 0.3) is 6.08 Å². The molecule has 2 rings (SSSR count). The molecule has 86 valence electrons. The summed E-state index contributed by atoms with van der Waals surface area (Å²) in [6, 6.07) is 4.29. The van der Waals surface area contributed by atoms with Gasteiger partial charge in [0.2, 0.25) is 0 Å². The lowest BCUT2D eigenvalue weighted by Crippen LogP contribution is -2.23. The van der Waals surface area contributed by atoms with Gasteiger partial charge in [-0.05, 0) is 43.4 Å². The van der Waals surface area contributed by atoms with Crippen LogP contribution in [0.5, 0.6) is 0 Å². The van der Waals surface area contributed by atoms with Gasteiger partial charge in [-0.3, -0.25) is 0 Å². The van der Waals surface area contributed by atoms with Crippen LogP contribution in [-0.4, -0.2) is 6.04 Å². The molecule has 0 spiro atoms. The van der Waals surface area contributed by atoms with Crippen LogP contribution in [-0.2, 0) is 0 Å². The number of nitrogens with two attached hydrogens (primary N) is 1. The molecule has 1 nitrogen and oxygen atoms in total. The maximum Gasteiger partial charge on any atom is 0.159 e. The van der Waals surface area contributed by atoms with Gasteiger partial charge in [0.25, 0.3) is 0 Å². The maximum absolute atomic E-state index is 13.0. The number of hydrogen-bond donors (Lipinski definition) is 1. The fourth-order valence-electron chi connectivity index (χ4n) is 1.99. The largest absolute Gasteiger partial charge is 0.328 e. The third kappa shape index (κ3) is 2.67. The van der Waals surface area contributed by atoms with Gasteiger partial charge in [0.15, 0.2) is 11.6 Å². The Morgan fingerprint density at radius 3 is 2.44 bits per heavy atom. The zero-order chi connectivity index (χ0) is 11.5. The van der Waals surface area contributed by atoms with Crippen molar-refractivity contribution < 1.29 is 8.78 Å². The first-order valence-corrected chi connectivity index (χ1v) is 5.55. The molecule has 0 bridgehead atoms. The van der Waals surface area contributed by atoms with Crippen molar-refractivity contribution in [3.05, 3.63) is 41.0 Å². The van der Waals surface area contributed by atoms with Crippen LogP contribution in [0.1, 0.15) is 31.2 Å². The first kappa shape index (κ1) is 11.3. The molecule has 1 fully saturated rings. The van der Waals surface area contributed by atoms with E-state index in [1.807, 2.05) is 6.08 Å². The van der Waals surface area contributed by atoms with Crippen LogP contribution in [0.3, 0.4) is 0 Å². The van der Waals surface area contributed by atoms with Crippen molar-refractivity contribution >= 4 is 6.08 Å². The number of hydrogen-bond acceptors (Lipinski definition) is 1. The Hall–Kier alpha value is -1.22. The minimum absolute atomic E-state index is 0.294. The second kappa shape index (κ2) is 4.74. The highest BCUT2D eigenvalue weighted by atomic mass is 19.2. The summed E-state index contributed by atoms with van der Waals surface area (Å²) in [6.07, 6.45) is 5.82. The third-order valence-electron chi connectivity index (χ3n) is 2.99. The average molecular weight is 223 g/mol. The minimum atomic E-state index is -0.798. The molecule has 0 saturated heterocycles. The number of rotatable bonds is 1. The Bertz CT molecular complexity index is 402. The molecule has 1 aliphatic carbocycles. The van der Waals surface area contributed by atoms with Gasteiger partial charge in [0.1, 0.15) is 0 Å². The van der Waals surface area contributed by atoms with Crippen LogP contribution in [0.2, 0.25) is 0 Å². The molecule has 0 heterocycles. The molecule has 1 aromatic rings. The molecule has 1 aromatic carbocycles. The molecule has 2 N–H and O–H groups in total. The van der Waals surface area contributed by atoms with E-state index in [9.17, 15) is 8.78 Å². The van der Waals surface area contributed by atoms with E-state index >= 15 is 0 Å². The van der Waals surface area contributed by atoms with Crippen molar-refractivity contribution in [1.29, 1.82) is 0 Å². The van der Waals surface area contributed by atoms with E-state index in [1.165, 1.54) is 11.6 Å². The van der Waals surface area contributed by atoms with Crippen LogP contribution in [0, 0.1) is 11.6 Å². The fourth-order valence-corrected chi connectivity index (χ4v) is 1.99. The maximum atomic E-state index is 13.0. The quantitative estimate of drug-likeness (QED) is 0.777. The van der Waals surface area contributed by atoms with E-state index in [0.717, 1.165) is 37.3 Å². The van der Waals surface area contributed by atoms with Crippen molar-refractivity contribution in [2.75, 3.05) is 0 Å². The van der Waals surface area contributed by atoms with Crippen LogP contribution in [0.15, 0.2) is 23.8 Å². The summed E-state index contributed by atoms with van der Waals surface area (Å²) in [5.41, 5.74) is 7.79. The third-order valence-corrected chi connectivity index (χ3v) is 2.99. The Labute approximate surface area is 94.0 Å². The zero-order valence-corrected chi connectivity index (χ0v) is 9.05. The molecule has 0 amide bonds. The summed E-state index contributed by atoms with van der Waals surface area (Å²) in [5, 5.41) is 0.